The van der Waals surface area contributed by atoms with E-state index in [4.69, 9.17) is 15.6 Å². The van der Waals surface area contributed by atoms with Gasteiger partial charge in [0.15, 0.2) is 0 Å². The van der Waals surface area contributed by atoms with Crippen molar-refractivity contribution in [1.82, 2.24) is 0 Å². The number of rotatable bonds is 5. The summed E-state index contributed by atoms with van der Waals surface area (Å²) in [5.74, 6) is -0.784. The van der Waals surface area contributed by atoms with Gasteiger partial charge in [-0.3, -0.25) is 4.79 Å². The smallest absolute Gasteiger partial charge is 0.416 e. The van der Waals surface area contributed by atoms with Gasteiger partial charge in [0.1, 0.15) is 17.5 Å². The number of nitrogens with two attached hydrogens (primary N) is 1. The topological polar surface area (TPSA) is 72.5 Å². The van der Waals surface area contributed by atoms with Crippen LogP contribution >= 0.6 is 12.4 Å². The van der Waals surface area contributed by atoms with Crippen LogP contribution in [0.5, 0.6) is 11.5 Å². The predicted molar refractivity (Wildman–Crippen MR) is 84.5 cm³/mol. The second-order valence-electron chi connectivity index (χ2n) is 4.92. The molecule has 0 spiro atoms. The van der Waals surface area contributed by atoms with Crippen molar-refractivity contribution in [2.45, 2.75) is 18.6 Å². The van der Waals surface area contributed by atoms with E-state index in [1.54, 1.807) is 24.3 Å². The number of benzene rings is 2. The fourth-order valence-corrected chi connectivity index (χ4v) is 1.95. The Morgan fingerprint density at radius 2 is 1.71 bits per heavy atom. The minimum absolute atomic E-state index is 0. The second-order valence-corrected chi connectivity index (χ2v) is 4.92. The summed E-state index contributed by atoms with van der Waals surface area (Å²) in [6, 6.07) is 9.85. The average molecular weight is 362 g/mol. The second kappa shape index (κ2) is 8.03. The van der Waals surface area contributed by atoms with Crippen LogP contribution in [0.3, 0.4) is 0 Å². The third-order valence-corrected chi connectivity index (χ3v) is 3.07. The molecule has 24 heavy (non-hydrogen) atoms. The number of aliphatic carboxylic acids is 1. The quantitative estimate of drug-likeness (QED) is 0.847. The van der Waals surface area contributed by atoms with Crippen LogP contribution in [-0.2, 0) is 17.4 Å². The third kappa shape index (κ3) is 5.43. The standard InChI is InChI=1S/C16H14F3NO3.ClH/c17-16(18,19)11-4-2-6-13(9-11)23-12-5-1-3-10(7-12)8-14(20)15(21)22;/h1-7,9,14H,8,20H2,(H,21,22);1H/t14-;/m0./s1. The number of carboxylic acid groups (broad SMARTS) is 1. The number of hydrogen-bond donors (Lipinski definition) is 2. The van der Waals surface area contributed by atoms with Gasteiger partial charge in [0, 0.05) is 0 Å². The van der Waals surface area contributed by atoms with E-state index in [2.05, 4.69) is 0 Å². The highest BCUT2D eigenvalue weighted by molar-refractivity contribution is 5.85. The minimum atomic E-state index is -4.45. The summed E-state index contributed by atoms with van der Waals surface area (Å²) in [5.41, 5.74) is 5.26. The summed E-state index contributed by atoms with van der Waals surface area (Å²) < 4.78 is 43.4. The van der Waals surface area contributed by atoms with Gasteiger partial charge in [0.25, 0.3) is 0 Å². The molecule has 1 atom stereocenters. The van der Waals surface area contributed by atoms with Crippen LogP contribution in [0.1, 0.15) is 11.1 Å². The van der Waals surface area contributed by atoms with Crippen molar-refractivity contribution in [3.05, 3.63) is 59.7 Å². The van der Waals surface area contributed by atoms with E-state index in [0.29, 0.717) is 11.3 Å². The zero-order valence-electron chi connectivity index (χ0n) is 12.3. The van der Waals surface area contributed by atoms with E-state index in [9.17, 15) is 18.0 Å². The molecule has 8 heteroatoms. The van der Waals surface area contributed by atoms with Gasteiger partial charge in [-0.25, -0.2) is 0 Å². The monoisotopic (exact) mass is 361 g/mol. The largest absolute Gasteiger partial charge is 0.480 e. The Kier molecular flexibility index (Phi) is 6.62. The maximum atomic E-state index is 12.7. The Labute approximate surface area is 142 Å². The molecule has 0 unspecified atom stereocenters. The Morgan fingerprint density at radius 1 is 1.12 bits per heavy atom. The molecule has 0 saturated heterocycles. The van der Waals surface area contributed by atoms with Crippen LogP contribution in [0.25, 0.3) is 0 Å². The lowest BCUT2D eigenvalue weighted by Crippen LogP contribution is -2.32. The molecule has 0 bridgehead atoms. The lowest BCUT2D eigenvalue weighted by atomic mass is 10.1. The first kappa shape index (κ1) is 19.8. The number of hydrogen-bond acceptors (Lipinski definition) is 3. The van der Waals surface area contributed by atoms with E-state index in [1.807, 2.05) is 0 Å². The van der Waals surface area contributed by atoms with Gasteiger partial charge in [-0.2, -0.15) is 13.2 Å². The van der Waals surface area contributed by atoms with Crippen molar-refractivity contribution in [2.75, 3.05) is 0 Å². The van der Waals surface area contributed by atoms with Crippen LogP contribution in [0.4, 0.5) is 13.2 Å². The van der Waals surface area contributed by atoms with Crippen molar-refractivity contribution >= 4 is 18.4 Å². The number of carbonyl (C=O) groups is 1. The van der Waals surface area contributed by atoms with Crippen LogP contribution < -0.4 is 10.5 Å². The molecule has 2 aromatic carbocycles. The first-order chi connectivity index (χ1) is 10.8. The summed E-state index contributed by atoms with van der Waals surface area (Å²) in [6.45, 7) is 0. The SMILES string of the molecule is Cl.N[C@@H](Cc1cccc(Oc2cccc(C(F)(F)F)c2)c1)C(=O)O. The Hall–Kier alpha value is -2.25. The fraction of sp³-hybridized carbons (Fsp3) is 0.188. The molecular formula is C16H15ClF3NO3. The van der Waals surface area contributed by atoms with Crippen LogP contribution in [0.2, 0.25) is 0 Å². The fourth-order valence-electron chi connectivity index (χ4n) is 1.95. The van der Waals surface area contributed by atoms with Crippen molar-refractivity contribution < 1.29 is 27.8 Å². The first-order valence-corrected chi connectivity index (χ1v) is 6.68. The maximum Gasteiger partial charge on any atom is 0.416 e. The van der Waals surface area contributed by atoms with Crippen molar-refractivity contribution in [1.29, 1.82) is 0 Å². The summed E-state index contributed by atoms with van der Waals surface area (Å²) in [5, 5.41) is 8.79. The Bertz CT molecular complexity index is 707. The molecule has 0 saturated carbocycles. The van der Waals surface area contributed by atoms with Crippen LogP contribution in [0, 0.1) is 0 Å². The Balaban J connectivity index is 0.00000288. The van der Waals surface area contributed by atoms with Crippen molar-refractivity contribution in [3.63, 3.8) is 0 Å². The lowest BCUT2D eigenvalue weighted by molar-refractivity contribution is -0.139. The summed E-state index contributed by atoms with van der Waals surface area (Å²) in [7, 11) is 0. The first-order valence-electron chi connectivity index (χ1n) is 6.68. The molecule has 2 aromatic rings. The molecule has 3 N–H and O–H groups in total. The summed E-state index contributed by atoms with van der Waals surface area (Å²) >= 11 is 0. The third-order valence-electron chi connectivity index (χ3n) is 3.07. The Morgan fingerprint density at radius 3 is 2.29 bits per heavy atom. The normalized spacial score (nSPS) is 12.2. The van der Waals surface area contributed by atoms with Crippen molar-refractivity contribution in [2.24, 2.45) is 5.73 Å². The summed E-state index contributed by atoms with van der Waals surface area (Å²) in [4.78, 5) is 10.7. The van der Waals surface area contributed by atoms with Crippen molar-refractivity contribution in [3.8, 4) is 11.5 Å². The van der Waals surface area contributed by atoms with Gasteiger partial charge >= 0.3 is 12.1 Å². The van der Waals surface area contributed by atoms with Gasteiger partial charge in [-0.05, 0) is 42.3 Å². The molecular weight excluding hydrogens is 347 g/mol. The number of carboxylic acids is 1. The molecule has 130 valence electrons. The van der Waals surface area contributed by atoms with E-state index in [1.165, 1.54) is 12.1 Å². The molecule has 0 aliphatic rings. The lowest BCUT2D eigenvalue weighted by Gasteiger charge is -2.11. The molecule has 4 nitrogen and oxygen atoms in total. The van der Waals surface area contributed by atoms with Gasteiger partial charge in [0.05, 0.1) is 5.56 Å². The average Bonchev–Trinajstić information content (AvgIpc) is 2.47. The van der Waals surface area contributed by atoms with E-state index in [-0.39, 0.29) is 24.6 Å². The minimum Gasteiger partial charge on any atom is -0.480 e. The van der Waals surface area contributed by atoms with Gasteiger partial charge < -0.3 is 15.6 Å². The number of ether oxygens (including phenoxy) is 1. The highest BCUT2D eigenvalue weighted by atomic mass is 35.5. The van der Waals surface area contributed by atoms with Gasteiger partial charge in [-0.1, -0.05) is 18.2 Å². The van der Waals surface area contributed by atoms with E-state index in [0.717, 1.165) is 12.1 Å². The van der Waals surface area contributed by atoms with Crippen LogP contribution in [-0.4, -0.2) is 17.1 Å². The maximum absolute atomic E-state index is 12.7. The van der Waals surface area contributed by atoms with E-state index < -0.39 is 23.8 Å². The molecule has 0 aliphatic heterocycles. The van der Waals surface area contributed by atoms with Crippen LogP contribution in [0.15, 0.2) is 48.5 Å². The van der Waals surface area contributed by atoms with Gasteiger partial charge in [-0.15, -0.1) is 12.4 Å². The molecule has 0 aromatic heterocycles. The zero-order valence-corrected chi connectivity index (χ0v) is 13.1. The zero-order chi connectivity index (χ0) is 17.0. The predicted octanol–water partition coefficient (Wildman–Crippen LogP) is 3.87. The molecule has 0 radical (unpaired) electrons. The highest BCUT2D eigenvalue weighted by Gasteiger charge is 2.30. The number of halogens is 4. The van der Waals surface area contributed by atoms with E-state index >= 15 is 0 Å². The molecule has 0 fully saturated rings. The molecule has 0 amide bonds. The van der Waals surface area contributed by atoms with Gasteiger partial charge in [0.2, 0.25) is 0 Å². The highest BCUT2D eigenvalue weighted by Crippen LogP contribution is 2.32. The number of alkyl halides is 3. The molecule has 2 rings (SSSR count). The molecule has 0 aliphatic carbocycles. The molecule has 0 heterocycles. The summed E-state index contributed by atoms with van der Waals surface area (Å²) in [6.07, 6.45) is -4.36.